The van der Waals surface area contributed by atoms with E-state index in [0.717, 1.165) is 39.0 Å². The quantitative estimate of drug-likeness (QED) is 0.915. The molecule has 0 amide bonds. The predicted octanol–water partition coefficient (Wildman–Crippen LogP) is 2.17. The summed E-state index contributed by atoms with van der Waals surface area (Å²) in [5.41, 5.74) is 0.897. The molecular formula is C15H24N2OS. The van der Waals surface area contributed by atoms with Crippen molar-refractivity contribution in [1.29, 1.82) is 0 Å². The first-order valence-corrected chi connectivity index (χ1v) is 8.36. The first kappa shape index (κ1) is 13.6. The smallest absolute Gasteiger partial charge is 0.0900 e. The number of β-amino-alcohol motifs (C(OH)–C–C–N with tert-alkyl or cyclic N) is 1. The number of nitrogens with zero attached hydrogens (tertiary/aromatic N) is 2. The van der Waals surface area contributed by atoms with Crippen LogP contribution in [0.3, 0.4) is 0 Å². The van der Waals surface area contributed by atoms with Crippen LogP contribution in [0.15, 0.2) is 16.8 Å². The van der Waals surface area contributed by atoms with Crippen LogP contribution in [0.1, 0.15) is 31.2 Å². The molecule has 2 aliphatic heterocycles. The Hall–Kier alpha value is -0.420. The van der Waals surface area contributed by atoms with E-state index in [-0.39, 0.29) is 0 Å². The van der Waals surface area contributed by atoms with Crippen molar-refractivity contribution in [2.45, 2.75) is 37.8 Å². The monoisotopic (exact) mass is 280 g/mol. The molecule has 3 rings (SSSR count). The normalized spacial score (nSPS) is 29.9. The maximum Gasteiger partial charge on any atom is 0.0900 e. The second-order valence-corrected chi connectivity index (χ2v) is 6.93. The van der Waals surface area contributed by atoms with Gasteiger partial charge in [0, 0.05) is 19.6 Å². The number of piperidine rings is 1. The van der Waals surface area contributed by atoms with Gasteiger partial charge in [0.05, 0.1) is 5.60 Å². The van der Waals surface area contributed by atoms with Crippen LogP contribution in [-0.4, -0.2) is 53.2 Å². The first-order valence-electron chi connectivity index (χ1n) is 7.42. The summed E-state index contributed by atoms with van der Waals surface area (Å²) >= 11 is 1.76. The van der Waals surface area contributed by atoms with Gasteiger partial charge >= 0.3 is 0 Å². The predicted molar refractivity (Wildman–Crippen MR) is 79.5 cm³/mol. The summed E-state index contributed by atoms with van der Waals surface area (Å²) < 4.78 is 0. The lowest BCUT2D eigenvalue weighted by molar-refractivity contribution is -0.0519. The van der Waals surface area contributed by atoms with Gasteiger partial charge < -0.3 is 10.0 Å². The van der Waals surface area contributed by atoms with E-state index in [9.17, 15) is 5.11 Å². The third kappa shape index (κ3) is 3.57. The van der Waals surface area contributed by atoms with Gasteiger partial charge in [0.1, 0.15) is 0 Å². The molecule has 0 bridgehead atoms. The van der Waals surface area contributed by atoms with Crippen LogP contribution in [0.5, 0.6) is 0 Å². The van der Waals surface area contributed by atoms with Crippen molar-refractivity contribution in [3.63, 3.8) is 0 Å². The molecule has 4 heteroatoms. The van der Waals surface area contributed by atoms with Gasteiger partial charge in [-0.1, -0.05) is 0 Å². The van der Waals surface area contributed by atoms with Gasteiger partial charge in [-0.15, -0.1) is 0 Å². The van der Waals surface area contributed by atoms with Gasteiger partial charge in [-0.05, 0) is 67.7 Å². The van der Waals surface area contributed by atoms with E-state index in [0.29, 0.717) is 0 Å². The van der Waals surface area contributed by atoms with Crippen LogP contribution in [0.25, 0.3) is 0 Å². The molecule has 0 saturated carbocycles. The van der Waals surface area contributed by atoms with E-state index in [2.05, 4.69) is 26.6 Å². The number of hydrogen-bond donors (Lipinski definition) is 1. The standard InChI is InChI=1S/C15H24N2OS/c18-15(12-16-6-1-2-7-16)5-3-8-17(13-15)10-14-4-9-19-11-14/h4,9,11,18H,1-3,5-8,10,12-13H2. The van der Waals surface area contributed by atoms with Gasteiger partial charge in [0.2, 0.25) is 0 Å². The summed E-state index contributed by atoms with van der Waals surface area (Å²) in [6, 6.07) is 2.19. The molecule has 1 unspecified atom stereocenters. The Balaban J connectivity index is 1.56. The minimum Gasteiger partial charge on any atom is -0.387 e. The molecule has 0 aromatic carbocycles. The molecule has 0 spiro atoms. The van der Waals surface area contributed by atoms with Crippen molar-refractivity contribution in [1.82, 2.24) is 9.80 Å². The summed E-state index contributed by atoms with van der Waals surface area (Å²) in [7, 11) is 0. The fourth-order valence-electron chi connectivity index (χ4n) is 3.47. The zero-order valence-electron chi connectivity index (χ0n) is 11.6. The molecule has 2 aliphatic rings. The molecule has 0 radical (unpaired) electrons. The van der Waals surface area contributed by atoms with Crippen molar-refractivity contribution in [3.8, 4) is 0 Å². The van der Waals surface area contributed by atoms with E-state index >= 15 is 0 Å². The molecule has 1 aromatic rings. The number of likely N-dealkylation sites (tertiary alicyclic amines) is 2. The summed E-state index contributed by atoms with van der Waals surface area (Å²) in [4.78, 5) is 4.86. The number of hydrogen-bond acceptors (Lipinski definition) is 4. The molecule has 2 saturated heterocycles. The molecule has 1 atom stereocenters. The van der Waals surface area contributed by atoms with Crippen molar-refractivity contribution in [2.24, 2.45) is 0 Å². The van der Waals surface area contributed by atoms with E-state index in [1.54, 1.807) is 11.3 Å². The minimum atomic E-state index is -0.487. The van der Waals surface area contributed by atoms with Crippen LogP contribution in [0.4, 0.5) is 0 Å². The topological polar surface area (TPSA) is 26.7 Å². The Labute approximate surface area is 119 Å². The van der Waals surface area contributed by atoms with Crippen molar-refractivity contribution < 1.29 is 5.11 Å². The molecule has 3 nitrogen and oxygen atoms in total. The highest BCUT2D eigenvalue weighted by molar-refractivity contribution is 7.07. The second kappa shape index (κ2) is 5.92. The van der Waals surface area contributed by atoms with E-state index < -0.39 is 5.60 Å². The molecule has 1 N–H and O–H groups in total. The molecule has 1 aromatic heterocycles. The number of thiophene rings is 1. The summed E-state index contributed by atoms with van der Waals surface area (Å²) in [6.45, 7) is 6.16. The Morgan fingerprint density at radius 3 is 2.68 bits per heavy atom. The Morgan fingerprint density at radius 1 is 1.16 bits per heavy atom. The van der Waals surface area contributed by atoms with Crippen LogP contribution >= 0.6 is 11.3 Å². The molecule has 0 aliphatic carbocycles. The van der Waals surface area contributed by atoms with Crippen LogP contribution < -0.4 is 0 Å². The average molecular weight is 280 g/mol. The fraction of sp³-hybridized carbons (Fsp3) is 0.733. The van der Waals surface area contributed by atoms with E-state index in [1.165, 1.54) is 31.5 Å². The Bertz CT molecular complexity index is 389. The van der Waals surface area contributed by atoms with Gasteiger partial charge in [-0.25, -0.2) is 0 Å². The molecule has 3 heterocycles. The summed E-state index contributed by atoms with van der Waals surface area (Å²) in [6.07, 6.45) is 4.68. The summed E-state index contributed by atoms with van der Waals surface area (Å²) in [5, 5.41) is 15.2. The lowest BCUT2D eigenvalue weighted by atomic mass is 9.92. The third-order valence-corrected chi connectivity index (χ3v) is 5.07. The van der Waals surface area contributed by atoms with Crippen molar-refractivity contribution in [3.05, 3.63) is 22.4 Å². The largest absolute Gasteiger partial charge is 0.387 e. The highest BCUT2D eigenvalue weighted by Crippen LogP contribution is 2.25. The van der Waals surface area contributed by atoms with Crippen molar-refractivity contribution >= 4 is 11.3 Å². The first-order chi connectivity index (χ1) is 9.23. The van der Waals surface area contributed by atoms with Crippen LogP contribution in [-0.2, 0) is 6.54 Å². The summed E-state index contributed by atoms with van der Waals surface area (Å²) in [5.74, 6) is 0. The zero-order valence-corrected chi connectivity index (χ0v) is 12.4. The van der Waals surface area contributed by atoms with Gasteiger partial charge in [0.15, 0.2) is 0 Å². The van der Waals surface area contributed by atoms with Crippen LogP contribution in [0, 0.1) is 0 Å². The maximum atomic E-state index is 10.8. The van der Waals surface area contributed by atoms with Gasteiger partial charge in [-0.2, -0.15) is 11.3 Å². The highest BCUT2D eigenvalue weighted by Gasteiger charge is 2.35. The third-order valence-electron chi connectivity index (χ3n) is 4.34. The second-order valence-electron chi connectivity index (χ2n) is 6.15. The fourth-order valence-corrected chi connectivity index (χ4v) is 4.13. The molecule has 106 valence electrons. The number of aliphatic hydroxyl groups is 1. The maximum absolute atomic E-state index is 10.8. The zero-order chi connectivity index (χ0) is 13.1. The minimum absolute atomic E-state index is 0.487. The van der Waals surface area contributed by atoms with Crippen LogP contribution in [0.2, 0.25) is 0 Å². The van der Waals surface area contributed by atoms with Gasteiger partial charge in [0.25, 0.3) is 0 Å². The Morgan fingerprint density at radius 2 is 1.95 bits per heavy atom. The highest BCUT2D eigenvalue weighted by atomic mass is 32.1. The van der Waals surface area contributed by atoms with Gasteiger partial charge in [-0.3, -0.25) is 4.90 Å². The average Bonchev–Trinajstić information content (AvgIpc) is 3.02. The lowest BCUT2D eigenvalue weighted by Crippen LogP contribution is -2.53. The SMILES string of the molecule is OC1(CN2CCCC2)CCCN(Cc2ccsc2)C1. The molecular weight excluding hydrogens is 256 g/mol. The molecule has 19 heavy (non-hydrogen) atoms. The lowest BCUT2D eigenvalue weighted by Gasteiger charge is -2.41. The molecule has 2 fully saturated rings. The van der Waals surface area contributed by atoms with Crippen molar-refractivity contribution in [2.75, 3.05) is 32.7 Å². The Kier molecular flexibility index (Phi) is 4.22. The number of rotatable bonds is 4. The van der Waals surface area contributed by atoms with E-state index in [4.69, 9.17) is 0 Å². The van der Waals surface area contributed by atoms with E-state index in [1.807, 2.05) is 0 Å².